The molecular formula is C18H19N3S. The fraction of sp³-hybridized carbons (Fsp3) is 0.167. The van der Waals surface area contributed by atoms with Crippen molar-refractivity contribution in [3.05, 3.63) is 59.0 Å². The minimum Gasteiger partial charge on any atom is -0.399 e. The Morgan fingerprint density at radius 3 is 2.59 bits per heavy atom. The summed E-state index contributed by atoms with van der Waals surface area (Å²) in [4.78, 5) is 5.93. The third-order valence-corrected chi connectivity index (χ3v) is 4.46. The van der Waals surface area contributed by atoms with Gasteiger partial charge in [0.25, 0.3) is 0 Å². The van der Waals surface area contributed by atoms with E-state index in [1.807, 2.05) is 24.3 Å². The molecule has 0 amide bonds. The highest BCUT2D eigenvalue weighted by molar-refractivity contribution is 7.16. The van der Waals surface area contributed by atoms with Crippen molar-refractivity contribution >= 4 is 27.8 Å². The molecule has 0 bridgehead atoms. The number of anilines is 3. The highest BCUT2D eigenvalue weighted by Gasteiger charge is 2.10. The van der Waals surface area contributed by atoms with Crippen LogP contribution in [0.3, 0.4) is 0 Å². The first-order valence-corrected chi connectivity index (χ1v) is 8.16. The Kier molecular flexibility index (Phi) is 4.11. The first-order valence-electron chi connectivity index (χ1n) is 7.35. The summed E-state index contributed by atoms with van der Waals surface area (Å²) in [5.74, 6) is 0. The molecular weight excluding hydrogens is 290 g/mol. The predicted octanol–water partition coefficient (Wildman–Crippen LogP) is 5.01. The number of nitrogens with one attached hydrogen (secondary N) is 1. The van der Waals surface area contributed by atoms with Crippen LogP contribution in [0.4, 0.5) is 16.5 Å². The minimum absolute atomic E-state index is 0.744. The normalized spacial score (nSPS) is 10.6. The molecule has 3 aromatic rings. The van der Waals surface area contributed by atoms with Gasteiger partial charge in [0, 0.05) is 21.8 Å². The van der Waals surface area contributed by atoms with Gasteiger partial charge in [0.2, 0.25) is 0 Å². The SMILES string of the molecule is CCc1ccc(-c2nc(Nc3cccc(N)c3)sc2C)cc1. The van der Waals surface area contributed by atoms with Crippen molar-refractivity contribution in [2.45, 2.75) is 20.3 Å². The molecule has 3 nitrogen and oxygen atoms in total. The van der Waals surface area contributed by atoms with Crippen LogP contribution in [0.25, 0.3) is 11.3 Å². The van der Waals surface area contributed by atoms with Crippen molar-refractivity contribution in [3.63, 3.8) is 0 Å². The third-order valence-electron chi connectivity index (χ3n) is 3.57. The van der Waals surface area contributed by atoms with E-state index in [9.17, 15) is 0 Å². The Balaban J connectivity index is 1.86. The Hall–Kier alpha value is -2.33. The van der Waals surface area contributed by atoms with Gasteiger partial charge in [-0.05, 0) is 37.1 Å². The number of hydrogen-bond donors (Lipinski definition) is 2. The van der Waals surface area contributed by atoms with Crippen molar-refractivity contribution in [1.29, 1.82) is 0 Å². The standard InChI is InChI=1S/C18H19N3S/c1-3-13-7-9-14(10-8-13)17-12(2)22-18(21-17)20-16-6-4-5-15(19)11-16/h4-11H,3,19H2,1-2H3,(H,20,21). The van der Waals surface area contributed by atoms with Crippen molar-refractivity contribution in [3.8, 4) is 11.3 Å². The highest BCUT2D eigenvalue weighted by atomic mass is 32.1. The second-order valence-electron chi connectivity index (χ2n) is 5.22. The molecule has 0 radical (unpaired) electrons. The Morgan fingerprint density at radius 2 is 1.91 bits per heavy atom. The predicted molar refractivity (Wildman–Crippen MR) is 95.8 cm³/mol. The van der Waals surface area contributed by atoms with E-state index in [-0.39, 0.29) is 0 Å². The molecule has 3 N–H and O–H groups in total. The van der Waals surface area contributed by atoms with Crippen LogP contribution < -0.4 is 11.1 Å². The van der Waals surface area contributed by atoms with Crippen LogP contribution in [0.5, 0.6) is 0 Å². The number of nitrogens with zero attached hydrogens (tertiary/aromatic N) is 1. The molecule has 3 rings (SSSR count). The lowest BCUT2D eigenvalue weighted by atomic mass is 10.1. The molecule has 0 saturated heterocycles. The van der Waals surface area contributed by atoms with Gasteiger partial charge < -0.3 is 11.1 Å². The van der Waals surface area contributed by atoms with E-state index in [4.69, 9.17) is 10.7 Å². The molecule has 0 unspecified atom stereocenters. The lowest BCUT2D eigenvalue weighted by Crippen LogP contribution is -1.91. The minimum atomic E-state index is 0.744. The number of benzene rings is 2. The summed E-state index contributed by atoms with van der Waals surface area (Å²) >= 11 is 1.66. The lowest BCUT2D eigenvalue weighted by molar-refractivity contribution is 1.14. The Bertz CT molecular complexity index is 775. The molecule has 1 aromatic heterocycles. The summed E-state index contributed by atoms with van der Waals surface area (Å²) in [6, 6.07) is 16.3. The van der Waals surface area contributed by atoms with Crippen LogP contribution >= 0.6 is 11.3 Å². The molecule has 2 aromatic carbocycles. The smallest absolute Gasteiger partial charge is 0.187 e. The summed E-state index contributed by atoms with van der Waals surface area (Å²) in [5, 5.41) is 4.21. The second-order valence-corrected chi connectivity index (χ2v) is 6.43. The molecule has 0 spiro atoms. The number of nitrogen functional groups attached to an aromatic ring is 1. The molecule has 112 valence electrons. The van der Waals surface area contributed by atoms with Crippen LogP contribution in [-0.2, 0) is 6.42 Å². The molecule has 1 heterocycles. The molecule has 0 aliphatic carbocycles. The average Bonchev–Trinajstić information content (AvgIpc) is 2.88. The second kappa shape index (κ2) is 6.20. The summed E-state index contributed by atoms with van der Waals surface area (Å²) in [5.41, 5.74) is 11.1. The molecule has 0 fully saturated rings. The first kappa shape index (κ1) is 14.6. The third kappa shape index (κ3) is 3.12. The van der Waals surface area contributed by atoms with Gasteiger partial charge in [-0.15, -0.1) is 11.3 Å². The summed E-state index contributed by atoms with van der Waals surface area (Å²) in [6.45, 7) is 4.27. The van der Waals surface area contributed by atoms with Gasteiger partial charge in [-0.25, -0.2) is 4.98 Å². The lowest BCUT2D eigenvalue weighted by Gasteiger charge is -2.03. The van der Waals surface area contributed by atoms with Gasteiger partial charge in [0.1, 0.15) is 0 Å². The van der Waals surface area contributed by atoms with Gasteiger partial charge in [0.15, 0.2) is 5.13 Å². The van der Waals surface area contributed by atoms with Crippen LogP contribution in [0.2, 0.25) is 0 Å². The van der Waals surface area contributed by atoms with E-state index in [0.29, 0.717) is 0 Å². The van der Waals surface area contributed by atoms with E-state index >= 15 is 0 Å². The number of nitrogens with two attached hydrogens (primary N) is 1. The van der Waals surface area contributed by atoms with Crippen LogP contribution in [-0.4, -0.2) is 4.98 Å². The molecule has 4 heteroatoms. The van der Waals surface area contributed by atoms with Gasteiger partial charge in [0.05, 0.1) is 5.69 Å². The maximum Gasteiger partial charge on any atom is 0.187 e. The zero-order valence-electron chi connectivity index (χ0n) is 12.8. The van der Waals surface area contributed by atoms with Crippen LogP contribution in [0.1, 0.15) is 17.4 Å². The van der Waals surface area contributed by atoms with Crippen molar-refractivity contribution in [1.82, 2.24) is 4.98 Å². The van der Waals surface area contributed by atoms with Crippen LogP contribution in [0, 0.1) is 6.92 Å². The van der Waals surface area contributed by atoms with Crippen LogP contribution in [0.15, 0.2) is 48.5 Å². The van der Waals surface area contributed by atoms with E-state index in [0.717, 1.165) is 34.2 Å². The fourth-order valence-electron chi connectivity index (χ4n) is 2.36. The largest absolute Gasteiger partial charge is 0.399 e. The van der Waals surface area contributed by atoms with E-state index in [1.165, 1.54) is 10.4 Å². The molecule has 0 atom stereocenters. The quantitative estimate of drug-likeness (QED) is 0.666. The Morgan fingerprint density at radius 1 is 1.14 bits per heavy atom. The summed E-state index contributed by atoms with van der Waals surface area (Å²) in [6.07, 6.45) is 1.05. The number of aryl methyl sites for hydroxylation is 2. The maximum absolute atomic E-state index is 5.81. The van der Waals surface area contributed by atoms with Gasteiger partial charge >= 0.3 is 0 Å². The molecule has 0 aliphatic heterocycles. The van der Waals surface area contributed by atoms with E-state index < -0.39 is 0 Å². The van der Waals surface area contributed by atoms with Crippen molar-refractivity contribution in [2.75, 3.05) is 11.1 Å². The van der Waals surface area contributed by atoms with E-state index in [2.05, 4.69) is 43.4 Å². The topological polar surface area (TPSA) is 50.9 Å². The monoisotopic (exact) mass is 309 g/mol. The molecule has 0 saturated carbocycles. The van der Waals surface area contributed by atoms with Crippen molar-refractivity contribution in [2.24, 2.45) is 0 Å². The Labute approximate surface area is 134 Å². The van der Waals surface area contributed by atoms with Gasteiger partial charge in [-0.2, -0.15) is 0 Å². The maximum atomic E-state index is 5.81. The zero-order valence-corrected chi connectivity index (χ0v) is 13.6. The number of aromatic nitrogens is 1. The number of thiazole rings is 1. The summed E-state index contributed by atoms with van der Waals surface area (Å²) in [7, 11) is 0. The summed E-state index contributed by atoms with van der Waals surface area (Å²) < 4.78 is 0. The van der Waals surface area contributed by atoms with Gasteiger partial charge in [-0.3, -0.25) is 0 Å². The fourth-order valence-corrected chi connectivity index (χ4v) is 3.21. The van der Waals surface area contributed by atoms with Gasteiger partial charge in [-0.1, -0.05) is 37.3 Å². The molecule has 0 aliphatic rings. The first-order chi connectivity index (χ1) is 10.7. The van der Waals surface area contributed by atoms with Crippen molar-refractivity contribution < 1.29 is 0 Å². The number of hydrogen-bond acceptors (Lipinski definition) is 4. The molecule has 22 heavy (non-hydrogen) atoms. The van der Waals surface area contributed by atoms with E-state index in [1.54, 1.807) is 11.3 Å². The average molecular weight is 309 g/mol. The zero-order chi connectivity index (χ0) is 15.5. The number of rotatable bonds is 4. The highest BCUT2D eigenvalue weighted by Crippen LogP contribution is 2.32.